The number of primary amides is 1. The molecule has 7 heteroatoms. The van der Waals surface area contributed by atoms with Gasteiger partial charge in [0, 0.05) is 46.8 Å². The zero-order valence-corrected chi connectivity index (χ0v) is 17.0. The lowest BCUT2D eigenvalue weighted by Gasteiger charge is -2.32. The van der Waals surface area contributed by atoms with Crippen molar-refractivity contribution in [3.63, 3.8) is 0 Å². The third kappa shape index (κ3) is 5.40. The van der Waals surface area contributed by atoms with Crippen molar-refractivity contribution in [1.29, 1.82) is 0 Å². The van der Waals surface area contributed by atoms with Crippen molar-refractivity contribution in [2.24, 2.45) is 11.7 Å². The predicted octanol–water partition coefficient (Wildman–Crippen LogP) is 4.27. The first-order chi connectivity index (χ1) is 13.4. The molecule has 148 valence electrons. The zero-order chi connectivity index (χ0) is 20.1. The maximum absolute atomic E-state index is 12.2. The molecule has 0 radical (unpaired) electrons. The van der Waals surface area contributed by atoms with Crippen LogP contribution in [0.5, 0.6) is 0 Å². The monoisotopic (exact) mass is 419 g/mol. The third-order valence-electron chi connectivity index (χ3n) is 5.05. The van der Waals surface area contributed by atoms with Gasteiger partial charge in [-0.05, 0) is 61.2 Å². The molecule has 1 fully saturated rings. The van der Waals surface area contributed by atoms with Crippen molar-refractivity contribution < 1.29 is 9.59 Å². The van der Waals surface area contributed by atoms with E-state index in [1.54, 1.807) is 12.1 Å². The number of benzene rings is 2. The highest BCUT2D eigenvalue weighted by Gasteiger charge is 2.23. The van der Waals surface area contributed by atoms with E-state index in [4.69, 9.17) is 28.9 Å². The summed E-state index contributed by atoms with van der Waals surface area (Å²) in [5.41, 5.74) is 8.11. The molecule has 2 aromatic rings. The van der Waals surface area contributed by atoms with Gasteiger partial charge in [0.1, 0.15) is 0 Å². The summed E-state index contributed by atoms with van der Waals surface area (Å²) in [6.45, 7) is 1.61. The van der Waals surface area contributed by atoms with Crippen LogP contribution in [0.25, 0.3) is 0 Å². The summed E-state index contributed by atoms with van der Waals surface area (Å²) in [6, 6.07) is 13.0. The molecule has 0 aromatic heterocycles. The van der Waals surface area contributed by atoms with E-state index in [1.807, 2.05) is 30.3 Å². The van der Waals surface area contributed by atoms with E-state index < -0.39 is 0 Å². The van der Waals surface area contributed by atoms with E-state index in [1.165, 1.54) is 0 Å². The Labute approximate surface area is 174 Å². The normalized spacial score (nSPS) is 14.7. The van der Waals surface area contributed by atoms with Crippen LogP contribution in [0.1, 0.15) is 24.8 Å². The van der Waals surface area contributed by atoms with Crippen molar-refractivity contribution in [2.45, 2.75) is 25.7 Å². The van der Waals surface area contributed by atoms with Gasteiger partial charge in [-0.1, -0.05) is 29.3 Å². The molecular formula is C21H23Cl2N3O2. The quantitative estimate of drug-likeness (QED) is 0.733. The van der Waals surface area contributed by atoms with Gasteiger partial charge in [0.25, 0.3) is 0 Å². The molecule has 1 aliphatic rings. The van der Waals surface area contributed by atoms with Crippen LogP contribution in [0.4, 0.5) is 11.4 Å². The molecule has 2 aromatic carbocycles. The minimum Gasteiger partial charge on any atom is -0.371 e. The number of carbonyl (C=O) groups is 2. The van der Waals surface area contributed by atoms with Crippen LogP contribution < -0.4 is 16.0 Å². The van der Waals surface area contributed by atoms with Crippen molar-refractivity contribution >= 4 is 46.4 Å². The molecule has 5 nitrogen and oxygen atoms in total. The second kappa shape index (κ2) is 9.30. The van der Waals surface area contributed by atoms with Crippen molar-refractivity contribution in [2.75, 3.05) is 23.3 Å². The van der Waals surface area contributed by atoms with E-state index in [0.29, 0.717) is 22.9 Å². The fourth-order valence-electron chi connectivity index (χ4n) is 3.37. The molecule has 0 saturated carbocycles. The number of piperidine rings is 1. The topological polar surface area (TPSA) is 75.4 Å². The number of amides is 2. The van der Waals surface area contributed by atoms with Gasteiger partial charge in [0.2, 0.25) is 11.8 Å². The average molecular weight is 420 g/mol. The number of nitrogens with zero attached hydrogens (tertiary/aromatic N) is 1. The number of carbonyl (C=O) groups excluding carboxylic acids is 2. The maximum Gasteiger partial charge on any atom is 0.224 e. The SMILES string of the molecule is NC(=O)C1CCN(c2ccc(NC(=O)CCc3ccc(Cl)cc3Cl)cc2)CC1. The zero-order valence-electron chi connectivity index (χ0n) is 15.5. The average Bonchev–Trinajstić information content (AvgIpc) is 2.68. The first-order valence-electron chi connectivity index (χ1n) is 9.30. The highest BCUT2D eigenvalue weighted by Crippen LogP contribution is 2.25. The Hall–Kier alpha value is -2.24. The van der Waals surface area contributed by atoms with E-state index >= 15 is 0 Å². The minimum absolute atomic E-state index is 0.0241. The van der Waals surface area contributed by atoms with E-state index in [0.717, 1.165) is 42.9 Å². The summed E-state index contributed by atoms with van der Waals surface area (Å²) in [5, 5.41) is 4.06. The first kappa shape index (κ1) is 20.5. The lowest BCUT2D eigenvalue weighted by Crippen LogP contribution is -2.38. The predicted molar refractivity (Wildman–Crippen MR) is 114 cm³/mol. The lowest BCUT2D eigenvalue weighted by molar-refractivity contribution is -0.122. The van der Waals surface area contributed by atoms with E-state index in [9.17, 15) is 9.59 Å². The number of rotatable bonds is 6. The summed E-state index contributed by atoms with van der Waals surface area (Å²) in [6.07, 6.45) is 2.45. The van der Waals surface area contributed by atoms with Crippen molar-refractivity contribution in [3.05, 3.63) is 58.1 Å². The number of halogens is 2. The molecular weight excluding hydrogens is 397 g/mol. The Morgan fingerprint density at radius 2 is 1.75 bits per heavy atom. The molecule has 28 heavy (non-hydrogen) atoms. The van der Waals surface area contributed by atoms with Gasteiger partial charge in [-0.3, -0.25) is 9.59 Å². The number of hydrogen-bond donors (Lipinski definition) is 2. The molecule has 0 bridgehead atoms. The maximum atomic E-state index is 12.2. The van der Waals surface area contributed by atoms with Crippen molar-refractivity contribution in [3.8, 4) is 0 Å². The highest BCUT2D eigenvalue weighted by atomic mass is 35.5. The summed E-state index contributed by atoms with van der Waals surface area (Å²) < 4.78 is 0. The number of hydrogen-bond acceptors (Lipinski definition) is 3. The Kier molecular flexibility index (Phi) is 6.81. The molecule has 0 aliphatic carbocycles. The number of anilines is 2. The molecule has 2 amide bonds. The fourth-order valence-corrected chi connectivity index (χ4v) is 3.88. The summed E-state index contributed by atoms with van der Waals surface area (Å²) >= 11 is 12.0. The number of nitrogens with one attached hydrogen (secondary N) is 1. The van der Waals surface area contributed by atoms with Gasteiger partial charge in [0.05, 0.1) is 0 Å². The van der Waals surface area contributed by atoms with Crippen LogP contribution in [0, 0.1) is 5.92 Å². The van der Waals surface area contributed by atoms with Crippen molar-refractivity contribution in [1.82, 2.24) is 0 Å². The number of aryl methyl sites for hydroxylation is 1. The molecule has 0 atom stereocenters. The van der Waals surface area contributed by atoms with Crippen LogP contribution in [-0.2, 0) is 16.0 Å². The second-order valence-electron chi connectivity index (χ2n) is 6.99. The van der Waals surface area contributed by atoms with Crippen LogP contribution >= 0.6 is 23.2 Å². The standard InChI is InChI=1S/C21H23Cl2N3O2/c22-16-3-1-14(19(23)13-16)2-8-20(27)25-17-4-6-18(7-5-17)26-11-9-15(10-12-26)21(24)28/h1,3-7,13,15H,2,8-12H2,(H2,24,28)(H,25,27). The van der Waals surface area contributed by atoms with E-state index in [2.05, 4.69) is 10.2 Å². The molecule has 0 unspecified atom stereocenters. The Balaban J connectivity index is 1.50. The van der Waals surface area contributed by atoms with Gasteiger partial charge in [0.15, 0.2) is 0 Å². The van der Waals surface area contributed by atoms with Gasteiger partial charge in [-0.25, -0.2) is 0 Å². The van der Waals surface area contributed by atoms with E-state index in [-0.39, 0.29) is 17.7 Å². The van der Waals surface area contributed by atoms with Gasteiger partial charge >= 0.3 is 0 Å². The molecule has 1 heterocycles. The van der Waals surface area contributed by atoms with Crippen LogP contribution in [0.2, 0.25) is 10.0 Å². The first-order valence-corrected chi connectivity index (χ1v) is 10.1. The van der Waals surface area contributed by atoms with Gasteiger partial charge < -0.3 is 16.0 Å². The number of nitrogens with two attached hydrogens (primary N) is 1. The Morgan fingerprint density at radius 1 is 1.07 bits per heavy atom. The van der Waals surface area contributed by atoms with Crippen LogP contribution in [0.3, 0.4) is 0 Å². The summed E-state index contributed by atoms with van der Waals surface area (Å²) in [4.78, 5) is 25.7. The molecule has 1 saturated heterocycles. The molecule has 3 rings (SSSR count). The summed E-state index contributed by atoms with van der Waals surface area (Å²) in [7, 11) is 0. The fraction of sp³-hybridized carbons (Fsp3) is 0.333. The Bertz CT molecular complexity index is 847. The molecule has 3 N–H and O–H groups in total. The van der Waals surface area contributed by atoms with Gasteiger partial charge in [-0.2, -0.15) is 0 Å². The van der Waals surface area contributed by atoms with Gasteiger partial charge in [-0.15, -0.1) is 0 Å². The van der Waals surface area contributed by atoms with Crippen LogP contribution in [0.15, 0.2) is 42.5 Å². The largest absolute Gasteiger partial charge is 0.371 e. The Morgan fingerprint density at radius 3 is 2.36 bits per heavy atom. The molecule has 1 aliphatic heterocycles. The third-order valence-corrected chi connectivity index (χ3v) is 5.64. The molecule has 0 spiro atoms. The lowest BCUT2D eigenvalue weighted by atomic mass is 9.96. The summed E-state index contributed by atoms with van der Waals surface area (Å²) in [5.74, 6) is -0.303. The second-order valence-corrected chi connectivity index (χ2v) is 7.84. The highest BCUT2D eigenvalue weighted by molar-refractivity contribution is 6.35. The van der Waals surface area contributed by atoms with Crippen LogP contribution in [-0.4, -0.2) is 24.9 Å². The smallest absolute Gasteiger partial charge is 0.224 e. The minimum atomic E-state index is -0.211.